The van der Waals surface area contributed by atoms with Crippen LogP contribution in [0.5, 0.6) is 17.2 Å². The molecule has 0 unspecified atom stereocenters. The number of hydrogen-bond donors (Lipinski definition) is 2. The molecule has 69 heavy (non-hydrogen) atoms. The van der Waals surface area contributed by atoms with Crippen LogP contribution in [-0.4, -0.2) is 98.8 Å². The van der Waals surface area contributed by atoms with E-state index in [1.54, 1.807) is 13.1 Å². The van der Waals surface area contributed by atoms with E-state index in [2.05, 4.69) is 15.3 Å². The maximum atomic E-state index is 14.8. The number of carboxylic acid groups (broad SMARTS) is 1. The Labute approximate surface area is 411 Å². The summed E-state index contributed by atoms with van der Waals surface area (Å²) in [5, 5.41) is 31.1. The summed E-state index contributed by atoms with van der Waals surface area (Å²) in [4.78, 5) is 43.7. The molecule has 364 valence electrons. The quantitative estimate of drug-likeness (QED) is 0.0638. The zero-order valence-corrected chi connectivity index (χ0v) is 39.8. The molecule has 0 radical (unpaired) electrons. The summed E-state index contributed by atoms with van der Waals surface area (Å²) in [7, 11) is 1.64. The van der Waals surface area contributed by atoms with Gasteiger partial charge in [0.1, 0.15) is 28.5 Å². The molecule has 2 aromatic heterocycles. The average molecular weight is 1010 g/mol. The number of nitrogens with zero attached hydrogens (tertiary/aromatic N) is 5. The predicted octanol–water partition coefficient (Wildman–Crippen LogP) is 8.24. The van der Waals surface area contributed by atoms with Crippen molar-refractivity contribution in [3.8, 4) is 17.2 Å². The van der Waals surface area contributed by atoms with Gasteiger partial charge in [-0.2, -0.15) is 18.6 Å². The van der Waals surface area contributed by atoms with E-state index in [1.807, 2.05) is 48.5 Å². The average Bonchev–Trinajstić information content (AvgIpc) is 3.93. The number of halogens is 4. The third-order valence-electron chi connectivity index (χ3n) is 13.3. The molecule has 10 rings (SSSR count). The van der Waals surface area contributed by atoms with E-state index in [1.165, 1.54) is 33.8 Å². The number of aromatic nitrogens is 3. The number of nitrogens with one attached hydrogen (secondary N) is 1. The van der Waals surface area contributed by atoms with Crippen LogP contribution in [0.2, 0.25) is 10.0 Å². The summed E-state index contributed by atoms with van der Waals surface area (Å²) in [5.74, 6) is -2.21. The molecule has 15 nitrogen and oxygen atoms in total. The molecule has 5 aliphatic rings. The molecule has 20 heteroatoms. The van der Waals surface area contributed by atoms with Gasteiger partial charge >= 0.3 is 18.7 Å². The lowest BCUT2D eigenvalue weighted by atomic mass is 9.84. The number of carboxylic acids is 1. The number of rotatable bonds is 18. The number of hydrogen-bond acceptors (Lipinski definition) is 11. The Morgan fingerprint density at radius 1 is 0.928 bits per heavy atom. The van der Waals surface area contributed by atoms with Gasteiger partial charge in [0.2, 0.25) is 0 Å². The normalized spacial score (nSPS) is 21.7. The molecule has 1 saturated carbocycles. The molecule has 4 saturated heterocycles. The maximum absolute atomic E-state index is 14.8. The van der Waals surface area contributed by atoms with E-state index >= 15 is 0 Å². The topological polar surface area (TPSA) is 172 Å². The predicted molar refractivity (Wildman–Crippen MR) is 252 cm³/mol. The molecule has 6 heterocycles. The number of thioether (sulfide) groups is 1. The van der Waals surface area contributed by atoms with Gasteiger partial charge in [0.05, 0.1) is 18.3 Å². The number of carbonyl (C=O) groups excluding carboxylic acids is 2. The van der Waals surface area contributed by atoms with Crippen molar-refractivity contribution < 1.29 is 51.9 Å². The molecule has 0 spiro atoms. The minimum absolute atomic E-state index is 0.000229. The third kappa shape index (κ3) is 10.7. The number of aryl methyl sites for hydroxylation is 1. The summed E-state index contributed by atoms with van der Waals surface area (Å²) in [6, 6.07) is 22.0. The van der Waals surface area contributed by atoms with Crippen molar-refractivity contribution in [2.75, 3.05) is 38.5 Å². The highest BCUT2D eigenvalue weighted by molar-refractivity contribution is 8.01. The van der Waals surface area contributed by atoms with E-state index in [0.717, 1.165) is 80.6 Å². The number of aliphatic carboxylic acids is 1. The van der Waals surface area contributed by atoms with Gasteiger partial charge in [0, 0.05) is 37.4 Å². The number of amides is 2. The molecular weight excluding hydrogens is 958 g/mol. The fourth-order valence-corrected chi connectivity index (χ4v) is 11.6. The van der Waals surface area contributed by atoms with Gasteiger partial charge in [-0.1, -0.05) is 71.7 Å². The lowest BCUT2D eigenvalue weighted by Gasteiger charge is -2.43. The second-order valence-corrected chi connectivity index (χ2v) is 19.9. The monoisotopic (exact) mass is 1010 g/mol. The van der Waals surface area contributed by atoms with Gasteiger partial charge in [-0.15, -0.1) is 11.8 Å². The zero-order chi connectivity index (χ0) is 48.4. The lowest BCUT2D eigenvalue weighted by Crippen LogP contribution is -2.55. The van der Waals surface area contributed by atoms with Crippen molar-refractivity contribution in [1.82, 2.24) is 24.9 Å². The van der Waals surface area contributed by atoms with Crippen molar-refractivity contribution in [2.24, 2.45) is 18.9 Å². The molecule has 5 aromatic rings. The van der Waals surface area contributed by atoms with E-state index in [-0.39, 0.29) is 76.8 Å². The van der Waals surface area contributed by atoms with Gasteiger partial charge < -0.3 is 39.5 Å². The van der Waals surface area contributed by atoms with Gasteiger partial charge in [-0.25, -0.2) is 9.59 Å². The first kappa shape index (κ1) is 48.2. The van der Waals surface area contributed by atoms with Crippen LogP contribution in [-0.2, 0) is 29.6 Å². The number of benzene rings is 3. The molecule has 5 fully saturated rings. The highest BCUT2D eigenvalue weighted by Gasteiger charge is 2.57. The van der Waals surface area contributed by atoms with Gasteiger partial charge in [-0.05, 0) is 104 Å². The van der Waals surface area contributed by atoms with E-state index < -0.39 is 41.4 Å². The Hall–Kier alpha value is -5.82. The van der Waals surface area contributed by atoms with Crippen molar-refractivity contribution >= 4 is 52.9 Å². The van der Waals surface area contributed by atoms with Crippen LogP contribution in [0.1, 0.15) is 76.1 Å². The standard InChI is InChI=1S/C49H50Cl2F2N6O9S/c1-56-34(28-65-35-9-5-8-33(20-35)44(31-6-3-2-4-7-31)54-48(63)68-43-26-57-16-14-30(43)15-17-57)22-40(55-56)45(60)59-18-19-69-49(59,46(61)62)37(23-36-38(50)24-58(64)25-39(36)51)32-12-13-41(67-47(52)53)42(21-32)66-27-29-10-11-29/h2-9,12-13,20-22,24-25,29-30,37,43-44,47H,10-11,14-19,23,26-28H2,1H3,(H,54,63)(H,61,62)/t37-,43-,44-,49-/m0/s1. The summed E-state index contributed by atoms with van der Waals surface area (Å²) in [5.41, 5.74) is 2.58. The zero-order valence-electron chi connectivity index (χ0n) is 37.5. The van der Waals surface area contributed by atoms with Gasteiger partial charge in [0.15, 0.2) is 34.5 Å². The number of pyridine rings is 1. The fraction of sp³-hybridized carbons (Fsp3) is 0.408. The minimum atomic E-state index is -3.16. The Morgan fingerprint density at radius 3 is 2.35 bits per heavy atom. The van der Waals surface area contributed by atoms with Crippen LogP contribution >= 0.6 is 35.0 Å². The van der Waals surface area contributed by atoms with Gasteiger partial charge in [-0.3, -0.25) is 14.4 Å². The van der Waals surface area contributed by atoms with Crippen LogP contribution < -0.4 is 24.3 Å². The van der Waals surface area contributed by atoms with Crippen molar-refractivity contribution in [3.05, 3.63) is 140 Å². The number of alkyl carbamates (subject to hydrolysis) is 1. The first-order chi connectivity index (χ1) is 33.2. The second-order valence-electron chi connectivity index (χ2n) is 17.8. The highest BCUT2D eigenvalue weighted by Crippen LogP contribution is 2.51. The van der Waals surface area contributed by atoms with Crippen LogP contribution in [0.3, 0.4) is 0 Å². The Balaban J connectivity index is 0.971. The SMILES string of the molecule is Cn1nc(C(=O)N2CCS[C@]2(C(=O)O)[C@@H](Cc2c(Cl)c[n+]([O-])cc2Cl)c2ccc(OC(F)F)c(OCC3CC3)c2)cc1COc1cccc([C@@H](NC(=O)O[C@H]2CN3CCC2CC3)c2ccccc2)c1. The first-order valence-electron chi connectivity index (χ1n) is 22.7. The van der Waals surface area contributed by atoms with Crippen LogP contribution in [0, 0.1) is 17.0 Å². The second kappa shape index (κ2) is 20.6. The largest absolute Gasteiger partial charge is 0.619 e. The summed E-state index contributed by atoms with van der Waals surface area (Å²) in [6.07, 6.45) is 5.16. The Morgan fingerprint density at radius 2 is 1.67 bits per heavy atom. The van der Waals surface area contributed by atoms with E-state index in [4.69, 9.17) is 42.1 Å². The molecule has 1 aliphatic carbocycles. The summed E-state index contributed by atoms with van der Waals surface area (Å²) >= 11 is 14.2. The molecular formula is C49H50Cl2F2N6O9S. The molecule has 4 atom stereocenters. The molecule has 4 aliphatic heterocycles. The molecule has 3 aromatic carbocycles. The number of piperidine rings is 3. The van der Waals surface area contributed by atoms with Crippen molar-refractivity contribution in [3.63, 3.8) is 0 Å². The van der Waals surface area contributed by atoms with E-state index in [0.29, 0.717) is 27.7 Å². The smallest absolute Gasteiger partial charge is 0.408 e. The lowest BCUT2D eigenvalue weighted by molar-refractivity contribution is -0.605. The number of alkyl halides is 2. The molecule has 2 amide bonds. The third-order valence-corrected chi connectivity index (χ3v) is 15.5. The first-order valence-corrected chi connectivity index (χ1v) is 24.5. The number of ether oxygens (including phenoxy) is 4. The molecule has 2 N–H and O–H groups in total. The Kier molecular flexibility index (Phi) is 14.4. The van der Waals surface area contributed by atoms with E-state index in [9.17, 15) is 33.5 Å². The van der Waals surface area contributed by atoms with Gasteiger partial charge in [0.25, 0.3) is 5.91 Å². The summed E-state index contributed by atoms with van der Waals surface area (Å²) < 4.78 is 52.1. The van der Waals surface area contributed by atoms with Crippen LogP contribution in [0.15, 0.2) is 91.3 Å². The molecule has 2 bridgehead atoms. The summed E-state index contributed by atoms with van der Waals surface area (Å²) in [6.45, 7) is -0.181. The maximum Gasteiger partial charge on any atom is 0.408 e. The highest BCUT2D eigenvalue weighted by atomic mass is 35.5. The van der Waals surface area contributed by atoms with Crippen molar-refractivity contribution in [2.45, 2.75) is 68.3 Å². The van der Waals surface area contributed by atoms with Crippen LogP contribution in [0.25, 0.3) is 0 Å². The number of carbonyl (C=O) groups is 3. The number of fused-ring (bicyclic) bond motifs is 3. The van der Waals surface area contributed by atoms with Crippen LogP contribution in [0.4, 0.5) is 13.6 Å². The fourth-order valence-electron chi connectivity index (χ4n) is 9.52. The Bertz CT molecular complexity index is 2670. The van der Waals surface area contributed by atoms with Crippen molar-refractivity contribution in [1.29, 1.82) is 0 Å². The minimum Gasteiger partial charge on any atom is -0.619 e.